The summed E-state index contributed by atoms with van der Waals surface area (Å²) in [6.07, 6.45) is 22.9. The van der Waals surface area contributed by atoms with Gasteiger partial charge in [0.2, 0.25) is 0 Å². The number of unbranched alkanes of at least 4 members (excludes halogenated alkanes) is 3. The first-order valence-corrected chi connectivity index (χ1v) is 30.4. The van der Waals surface area contributed by atoms with Crippen molar-refractivity contribution >= 4 is 26.7 Å². The molecule has 0 bridgehead atoms. The first-order chi connectivity index (χ1) is 22.1. The van der Waals surface area contributed by atoms with Gasteiger partial charge in [-0.2, -0.15) is 0 Å². The van der Waals surface area contributed by atoms with Gasteiger partial charge in [-0.1, -0.05) is 27.7 Å². The van der Waals surface area contributed by atoms with E-state index in [2.05, 4.69) is 111 Å². The first kappa shape index (κ1) is 43.2. The summed E-state index contributed by atoms with van der Waals surface area (Å²) >= 11 is -2.38. The Kier molecular flexibility index (Phi) is 18.6. The fourth-order valence-corrected chi connectivity index (χ4v) is 22.7. The van der Waals surface area contributed by atoms with Crippen molar-refractivity contribution in [2.75, 3.05) is 6.61 Å². The SMILES string of the molecule is CCC[CH2][Sn](/[CH]=C/[C@@H]1OC2(CC[C@@H]1C)CC[C@H](C)[C@@H](C/C=C(C)/C=C/[C@H](O[Si](C)(C)C(C)(C)C)[C@@H](C)CO)O2)([CH2]CCC)[CH2]CCC. The van der Waals surface area contributed by atoms with Gasteiger partial charge >= 0.3 is 217 Å². The van der Waals surface area contributed by atoms with Crippen LogP contribution < -0.4 is 0 Å². The third-order valence-electron chi connectivity index (χ3n) is 11.9. The molecule has 0 aliphatic carbocycles. The van der Waals surface area contributed by atoms with Crippen LogP contribution in [0.1, 0.15) is 140 Å². The van der Waals surface area contributed by atoms with Crippen LogP contribution in [0.3, 0.4) is 0 Å². The molecule has 0 aromatic rings. The van der Waals surface area contributed by atoms with Crippen molar-refractivity contribution in [2.24, 2.45) is 17.8 Å². The number of aliphatic hydroxyl groups is 1. The van der Waals surface area contributed by atoms with Gasteiger partial charge in [-0.15, -0.1) is 0 Å². The maximum absolute atomic E-state index is 9.96. The summed E-state index contributed by atoms with van der Waals surface area (Å²) < 4.78 is 28.1. The van der Waals surface area contributed by atoms with E-state index in [-0.39, 0.29) is 35.9 Å². The van der Waals surface area contributed by atoms with E-state index in [1.165, 1.54) is 63.8 Å². The molecule has 0 aromatic heterocycles. The Morgan fingerprint density at radius 3 is 2.02 bits per heavy atom. The zero-order valence-electron chi connectivity index (χ0n) is 33.1. The van der Waals surface area contributed by atoms with Gasteiger partial charge in [0.1, 0.15) is 0 Å². The van der Waals surface area contributed by atoms with E-state index in [0.717, 1.165) is 25.7 Å². The van der Waals surface area contributed by atoms with Crippen LogP contribution in [0.4, 0.5) is 0 Å². The third-order valence-corrected chi connectivity index (χ3v) is 30.5. The van der Waals surface area contributed by atoms with Crippen molar-refractivity contribution in [3.8, 4) is 0 Å². The monoisotopic (exact) mass is 782 g/mol. The summed E-state index contributed by atoms with van der Waals surface area (Å²) in [5.74, 6) is 0.668. The van der Waals surface area contributed by atoms with Crippen LogP contribution in [0.5, 0.6) is 0 Å². The normalized spacial score (nSPS) is 28.1. The fraction of sp³-hybridized carbons (Fsp3) is 0.854. The van der Waals surface area contributed by atoms with Crippen molar-refractivity contribution in [3.05, 3.63) is 34.0 Å². The molecule has 6 heteroatoms. The van der Waals surface area contributed by atoms with Crippen LogP contribution in [0.25, 0.3) is 0 Å². The van der Waals surface area contributed by atoms with Crippen LogP contribution in [-0.2, 0) is 13.9 Å². The predicted octanol–water partition coefficient (Wildman–Crippen LogP) is 12.2. The van der Waals surface area contributed by atoms with E-state index < -0.39 is 32.5 Å². The number of rotatable bonds is 19. The molecule has 1 spiro atoms. The molecule has 2 fully saturated rings. The average Bonchev–Trinajstić information content (AvgIpc) is 3.03. The van der Waals surface area contributed by atoms with Gasteiger partial charge in [0, 0.05) is 12.5 Å². The fourth-order valence-electron chi connectivity index (χ4n) is 6.99. The topological polar surface area (TPSA) is 47.9 Å². The number of hydrogen-bond acceptors (Lipinski definition) is 4. The number of ether oxygens (including phenoxy) is 2. The molecule has 2 rings (SSSR count). The molecule has 1 N–H and O–H groups in total. The van der Waals surface area contributed by atoms with Crippen LogP contribution in [0.15, 0.2) is 34.0 Å². The molecule has 7 atom stereocenters. The molecule has 4 nitrogen and oxygen atoms in total. The zero-order chi connectivity index (χ0) is 35.3. The number of hydrogen-bond donors (Lipinski definition) is 1. The number of aliphatic hydroxyl groups excluding tert-OH is 1. The second-order valence-electron chi connectivity index (χ2n) is 17.3. The van der Waals surface area contributed by atoms with Gasteiger partial charge in [0.15, 0.2) is 8.32 Å². The molecule has 2 aliphatic rings. The molecular formula is C41H78O4SiSn. The quantitative estimate of drug-likeness (QED) is 0.105. The first-order valence-electron chi connectivity index (χ1n) is 19.7. The van der Waals surface area contributed by atoms with Crippen LogP contribution in [0.2, 0.25) is 31.4 Å². The van der Waals surface area contributed by atoms with E-state index >= 15 is 0 Å². The van der Waals surface area contributed by atoms with Crippen molar-refractivity contribution < 1.29 is 19.0 Å². The van der Waals surface area contributed by atoms with Gasteiger partial charge in [0.05, 0.1) is 6.10 Å². The van der Waals surface area contributed by atoms with Gasteiger partial charge in [0.25, 0.3) is 0 Å². The van der Waals surface area contributed by atoms with Crippen molar-refractivity contribution in [2.45, 2.75) is 195 Å². The Morgan fingerprint density at radius 2 is 1.51 bits per heavy atom. The maximum atomic E-state index is 9.96. The van der Waals surface area contributed by atoms with Crippen LogP contribution in [0, 0.1) is 17.8 Å². The third kappa shape index (κ3) is 13.6. The van der Waals surface area contributed by atoms with Gasteiger partial charge < -0.3 is 9.53 Å². The Balaban J connectivity index is 2.18. The van der Waals surface area contributed by atoms with Gasteiger partial charge in [-0.05, 0) is 18.1 Å². The summed E-state index contributed by atoms with van der Waals surface area (Å²) in [6.45, 7) is 27.6. The number of allylic oxidation sites excluding steroid dienone is 2. The second kappa shape index (κ2) is 20.2. The molecule has 274 valence electrons. The molecule has 2 heterocycles. The van der Waals surface area contributed by atoms with E-state index in [1.807, 2.05) is 0 Å². The predicted molar refractivity (Wildman–Crippen MR) is 209 cm³/mol. The molecule has 47 heavy (non-hydrogen) atoms. The minimum absolute atomic E-state index is 0.0571. The summed E-state index contributed by atoms with van der Waals surface area (Å²) in [6, 6.07) is 0. The molecule has 0 aromatic carbocycles. The minimum atomic E-state index is -2.38. The Bertz CT molecular complexity index is 959. The molecule has 0 radical (unpaired) electrons. The summed E-state index contributed by atoms with van der Waals surface area (Å²) in [5.41, 5.74) is 1.23. The zero-order valence-corrected chi connectivity index (χ0v) is 37.0. The van der Waals surface area contributed by atoms with Crippen molar-refractivity contribution in [1.82, 2.24) is 0 Å². The van der Waals surface area contributed by atoms with Gasteiger partial charge in [-0.25, -0.2) is 0 Å². The summed E-state index contributed by atoms with van der Waals surface area (Å²) in [7, 11) is -1.96. The van der Waals surface area contributed by atoms with Gasteiger partial charge in [-0.3, -0.25) is 0 Å². The average molecular weight is 782 g/mol. The molecular weight excluding hydrogens is 703 g/mol. The van der Waals surface area contributed by atoms with E-state index in [0.29, 0.717) is 11.8 Å². The second-order valence-corrected chi connectivity index (χ2v) is 35.0. The van der Waals surface area contributed by atoms with E-state index in [1.54, 1.807) is 0 Å². The molecule has 1 unspecified atom stereocenters. The molecule has 0 saturated carbocycles. The van der Waals surface area contributed by atoms with Crippen LogP contribution in [-0.4, -0.2) is 62.5 Å². The van der Waals surface area contributed by atoms with Crippen LogP contribution >= 0.6 is 0 Å². The standard InChI is InChI=1S/C29H51O4Si.3C4H9.Sn/c1-11-25-22(3)16-18-29(31-25)19-17-23(4)26(32-29)14-12-21(2)13-15-27(24(5)20-30)33-34(9,10)28(6,7)8;3*1-3-4-2;/h1,11-13,15,22-27,30H,14,16-20H2,2-10H3;3*1,3-4H2,2H3;/b11-1?,15-13+,21-12+;;;;/t22-,23-,24-,25-,26+,27-,29?;;;;/m0..../s1. The molecule has 0 amide bonds. The summed E-state index contributed by atoms with van der Waals surface area (Å²) in [5, 5.41) is 10.1. The van der Waals surface area contributed by atoms with Crippen molar-refractivity contribution in [1.29, 1.82) is 0 Å². The molecule has 2 aliphatic heterocycles. The Morgan fingerprint density at radius 1 is 0.957 bits per heavy atom. The van der Waals surface area contributed by atoms with E-state index in [4.69, 9.17) is 13.9 Å². The Labute approximate surface area is 298 Å². The summed E-state index contributed by atoms with van der Waals surface area (Å²) in [4.78, 5) is 0. The molecule has 2 saturated heterocycles. The van der Waals surface area contributed by atoms with Crippen molar-refractivity contribution in [3.63, 3.8) is 0 Å². The van der Waals surface area contributed by atoms with E-state index in [9.17, 15) is 5.11 Å². The Hall–Kier alpha value is 0.0756.